The Bertz CT molecular complexity index is 788. The number of hydrogen-bond acceptors (Lipinski definition) is 4. The molecule has 0 saturated heterocycles. The Hall–Kier alpha value is -2.89. The second-order valence-corrected chi connectivity index (χ2v) is 5.68. The van der Waals surface area contributed by atoms with Crippen molar-refractivity contribution in [1.29, 1.82) is 0 Å². The quantitative estimate of drug-likeness (QED) is 0.641. The van der Waals surface area contributed by atoms with Crippen LogP contribution >= 0.6 is 0 Å². The highest BCUT2D eigenvalue weighted by molar-refractivity contribution is 6.01. The van der Waals surface area contributed by atoms with Crippen molar-refractivity contribution >= 4 is 11.6 Å². The third-order valence-corrected chi connectivity index (χ3v) is 3.36. The highest BCUT2D eigenvalue weighted by atomic mass is 19.1. The number of carbonyl (C=O) groups excluding carboxylic acids is 1. The molecule has 0 heterocycles. The summed E-state index contributed by atoms with van der Waals surface area (Å²) in [6.45, 7) is 5.50. The van der Waals surface area contributed by atoms with Crippen LogP contribution in [0.4, 0.5) is 4.39 Å². The van der Waals surface area contributed by atoms with Crippen molar-refractivity contribution in [2.45, 2.75) is 26.9 Å². The van der Waals surface area contributed by atoms with E-state index in [0.717, 1.165) is 0 Å². The summed E-state index contributed by atoms with van der Waals surface area (Å²) in [5.41, 5.74) is 3.93. The Kier molecular flexibility index (Phi) is 6.11. The van der Waals surface area contributed by atoms with Crippen LogP contribution in [0.3, 0.4) is 0 Å². The van der Waals surface area contributed by atoms with Crippen LogP contribution in [0, 0.1) is 5.82 Å². The molecule has 2 rings (SSSR count). The SMILES string of the molecule is COc1cc(C(=O)N/N=C(\C)c2cccc(F)c2)ccc1OC(C)C. The summed E-state index contributed by atoms with van der Waals surface area (Å²) in [6.07, 6.45) is -0.00732. The van der Waals surface area contributed by atoms with Crippen molar-refractivity contribution in [3.05, 3.63) is 59.4 Å². The van der Waals surface area contributed by atoms with Gasteiger partial charge in [-0.05, 0) is 51.1 Å². The zero-order valence-electron chi connectivity index (χ0n) is 14.7. The molecule has 0 spiro atoms. The molecule has 0 unspecified atom stereocenters. The van der Waals surface area contributed by atoms with Crippen molar-refractivity contribution in [2.75, 3.05) is 7.11 Å². The van der Waals surface area contributed by atoms with Gasteiger partial charge in [0, 0.05) is 11.1 Å². The molecule has 25 heavy (non-hydrogen) atoms. The summed E-state index contributed by atoms with van der Waals surface area (Å²) in [4.78, 5) is 12.3. The minimum atomic E-state index is -0.398. The molecule has 0 atom stereocenters. The third-order valence-electron chi connectivity index (χ3n) is 3.36. The van der Waals surface area contributed by atoms with Gasteiger partial charge in [0.25, 0.3) is 5.91 Å². The average Bonchev–Trinajstić information content (AvgIpc) is 2.59. The van der Waals surface area contributed by atoms with Crippen LogP contribution in [0.25, 0.3) is 0 Å². The Morgan fingerprint density at radius 1 is 1.12 bits per heavy atom. The van der Waals surface area contributed by atoms with Gasteiger partial charge in [-0.1, -0.05) is 12.1 Å². The van der Waals surface area contributed by atoms with Crippen LogP contribution in [-0.4, -0.2) is 24.8 Å². The van der Waals surface area contributed by atoms with Gasteiger partial charge in [0.05, 0.1) is 18.9 Å². The first-order valence-electron chi connectivity index (χ1n) is 7.86. The summed E-state index contributed by atoms with van der Waals surface area (Å²) in [5.74, 6) is 0.273. The van der Waals surface area contributed by atoms with Crippen LogP contribution in [0.5, 0.6) is 11.5 Å². The molecule has 132 valence electrons. The van der Waals surface area contributed by atoms with Crippen LogP contribution < -0.4 is 14.9 Å². The lowest BCUT2D eigenvalue weighted by atomic mass is 10.1. The number of hydrazone groups is 1. The lowest BCUT2D eigenvalue weighted by Crippen LogP contribution is -2.19. The summed E-state index contributed by atoms with van der Waals surface area (Å²) < 4.78 is 24.1. The van der Waals surface area contributed by atoms with Crippen molar-refractivity contribution in [2.24, 2.45) is 5.10 Å². The zero-order chi connectivity index (χ0) is 18.4. The number of carbonyl (C=O) groups is 1. The number of ether oxygens (including phenoxy) is 2. The van der Waals surface area contributed by atoms with Gasteiger partial charge in [0.15, 0.2) is 11.5 Å². The maximum atomic E-state index is 13.2. The number of rotatable bonds is 6. The molecule has 5 nitrogen and oxygen atoms in total. The fourth-order valence-corrected chi connectivity index (χ4v) is 2.14. The highest BCUT2D eigenvalue weighted by Gasteiger charge is 2.12. The monoisotopic (exact) mass is 344 g/mol. The van der Waals surface area contributed by atoms with E-state index in [4.69, 9.17) is 9.47 Å². The maximum Gasteiger partial charge on any atom is 0.271 e. The molecule has 0 saturated carbocycles. The van der Waals surface area contributed by atoms with Crippen LogP contribution in [-0.2, 0) is 0 Å². The number of amides is 1. The first-order chi connectivity index (χ1) is 11.9. The van der Waals surface area contributed by atoms with E-state index in [2.05, 4.69) is 10.5 Å². The number of nitrogens with one attached hydrogen (secondary N) is 1. The molecule has 0 bridgehead atoms. The molecule has 0 aliphatic rings. The smallest absolute Gasteiger partial charge is 0.271 e. The Morgan fingerprint density at radius 3 is 2.52 bits per heavy atom. The van der Waals surface area contributed by atoms with E-state index < -0.39 is 5.91 Å². The van der Waals surface area contributed by atoms with Crippen LogP contribution in [0.2, 0.25) is 0 Å². The third kappa shape index (κ3) is 5.04. The Morgan fingerprint density at radius 2 is 1.88 bits per heavy atom. The maximum absolute atomic E-state index is 13.2. The molecule has 0 fully saturated rings. The van der Waals surface area contributed by atoms with E-state index in [1.54, 1.807) is 37.3 Å². The lowest BCUT2D eigenvalue weighted by Gasteiger charge is -2.14. The van der Waals surface area contributed by atoms with E-state index in [1.165, 1.54) is 19.2 Å². The second-order valence-electron chi connectivity index (χ2n) is 5.68. The molecule has 0 aromatic heterocycles. The minimum Gasteiger partial charge on any atom is -0.493 e. The van der Waals surface area contributed by atoms with Crippen molar-refractivity contribution in [3.63, 3.8) is 0 Å². The second kappa shape index (κ2) is 8.28. The molecule has 0 aliphatic carbocycles. The van der Waals surface area contributed by atoms with Crippen LogP contribution in [0.15, 0.2) is 47.6 Å². The summed E-state index contributed by atoms with van der Waals surface area (Å²) in [5, 5.41) is 4.02. The average molecular weight is 344 g/mol. The van der Waals surface area contributed by atoms with E-state index in [1.807, 2.05) is 13.8 Å². The normalized spacial score (nSPS) is 11.4. The van der Waals surface area contributed by atoms with Crippen molar-refractivity contribution in [3.8, 4) is 11.5 Å². The largest absolute Gasteiger partial charge is 0.493 e. The zero-order valence-corrected chi connectivity index (χ0v) is 14.7. The predicted molar refractivity (Wildman–Crippen MR) is 94.8 cm³/mol. The first-order valence-corrected chi connectivity index (χ1v) is 7.86. The number of methoxy groups -OCH3 is 1. The van der Waals surface area contributed by atoms with E-state index in [0.29, 0.717) is 28.3 Å². The van der Waals surface area contributed by atoms with E-state index in [-0.39, 0.29) is 11.9 Å². The molecular weight excluding hydrogens is 323 g/mol. The molecule has 1 amide bonds. The summed E-state index contributed by atoms with van der Waals surface area (Å²) in [7, 11) is 1.51. The molecule has 2 aromatic rings. The van der Waals surface area contributed by atoms with Gasteiger partial charge in [0.2, 0.25) is 0 Å². The van der Waals surface area contributed by atoms with Gasteiger partial charge in [-0.2, -0.15) is 5.10 Å². The molecule has 1 N–H and O–H groups in total. The molecule has 0 radical (unpaired) electrons. The lowest BCUT2D eigenvalue weighted by molar-refractivity contribution is 0.0954. The molecule has 2 aromatic carbocycles. The van der Waals surface area contributed by atoms with Crippen LogP contribution in [0.1, 0.15) is 36.7 Å². The fourth-order valence-electron chi connectivity index (χ4n) is 2.14. The fraction of sp³-hybridized carbons (Fsp3) is 0.263. The molecule has 6 heteroatoms. The number of nitrogens with zero attached hydrogens (tertiary/aromatic N) is 1. The van der Waals surface area contributed by atoms with Gasteiger partial charge < -0.3 is 9.47 Å². The summed E-state index contributed by atoms with van der Waals surface area (Å²) >= 11 is 0. The minimum absolute atomic E-state index is 0.00732. The van der Waals surface area contributed by atoms with E-state index in [9.17, 15) is 9.18 Å². The Labute approximate surface area is 146 Å². The van der Waals surface area contributed by atoms with E-state index >= 15 is 0 Å². The summed E-state index contributed by atoms with van der Waals surface area (Å²) in [6, 6.07) is 10.9. The van der Waals surface area contributed by atoms with Gasteiger partial charge in [-0.15, -0.1) is 0 Å². The number of halogens is 1. The predicted octanol–water partition coefficient (Wildman–Crippen LogP) is 3.78. The Balaban J connectivity index is 2.14. The van der Waals surface area contributed by atoms with Crippen molar-refractivity contribution in [1.82, 2.24) is 5.43 Å². The molecule has 0 aliphatic heterocycles. The van der Waals surface area contributed by atoms with Crippen molar-refractivity contribution < 1.29 is 18.7 Å². The van der Waals surface area contributed by atoms with Gasteiger partial charge >= 0.3 is 0 Å². The number of hydrogen-bond donors (Lipinski definition) is 1. The molecular formula is C19H21FN2O3. The first kappa shape index (κ1) is 18.4. The van der Waals surface area contributed by atoms with Gasteiger partial charge in [-0.3, -0.25) is 4.79 Å². The highest BCUT2D eigenvalue weighted by Crippen LogP contribution is 2.28. The van der Waals surface area contributed by atoms with Gasteiger partial charge in [-0.25, -0.2) is 9.82 Å². The standard InChI is InChI=1S/C19H21FN2O3/c1-12(2)25-17-9-8-15(11-18(17)24-4)19(23)22-21-13(3)14-6-5-7-16(20)10-14/h5-12H,1-4H3,(H,22,23)/b21-13+. The van der Waals surface area contributed by atoms with Gasteiger partial charge in [0.1, 0.15) is 5.82 Å². The topological polar surface area (TPSA) is 59.9 Å². The number of benzene rings is 2.